The summed E-state index contributed by atoms with van der Waals surface area (Å²) >= 11 is 0. The standard InChI is InChI=1S/C19H26N4O2/c1-13-19(14(2)25-21-13)17-7-5-6-16(20-17)15-8-10-23(11-9-15)12-18(24)22(3)4/h5-7,15H,8-12H2,1-4H3. The lowest BCUT2D eigenvalue weighted by Gasteiger charge is -2.31. The van der Waals surface area contributed by atoms with E-state index in [-0.39, 0.29) is 5.91 Å². The van der Waals surface area contributed by atoms with Gasteiger partial charge >= 0.3 is 0 Å². The van der Waals surface area contributed by atoms with Gasteiger partial charge in [-0.25, -0.2) is 0 Å². The van der Waals surface area contributed by atoms with Gasteiger partial charge in [0.1, 0.15) is 5.76 Å². The van der Waals surface area contributed by atoms with Gasteiger partial charge in [0.05, 0.1) is 23.5 Å². The van der Waals surface area contributed by atoms with Gasteiger partial charge < -0.3 is 9.42 Å². The van der Waals surface area contributed by atoms with E-state index in [0.717, 1.165) is 54.3 Å². The molecule has 1 aliphatic heterocycles. The first kappa shape index (κ1) is 17.6. The summed E-state index contributed by atoms with van der Waals surface area (Å²) in [5.41, 5.74) is 3.92. The van der Waals surface area contributed by atoms with E-state index >= 15 is 0 Å². The molecular weight excluding hydrogens is 316 g/mol. The number of hydrogen-bond donors (Lipinski definition) is 0. The number of carbonyl (C=O) groups is 1. The van der Waals surface area contributed by atoms with Crippen LogP contribution in [0.1, 0.15) is 35.9 Å². The third kappa shape index (κ3) is 3.90. The molecule has 0 radical (unpaired) electrons. The SMILES string of the molecule is Cc1noc(C)c1-c1cccc(C2CCN(CC(=O)N(C)C)CC2)n1. The van der Waals surface area contributed by atoms with Crippen LogP contribution in [-0.4, -0.2) is 59.6 Å². The molecule has 1 amide bonds. The van der Waals surface area contributed by atoms with Crippen LogP contribution in [0.3, 0.4) is 0 Å². The van der Waals surface area contributed by atoms with E-state index in [4.69, 9.17) is 9.51 Å². The number of hydrogen-bond acceptors (Lipinski definition) is 5. The van der Waals surface area contributed by atoms with Crippen molar-refractivity contribution in [3.8, 4) is 11.3 Å². The van der Waals surface area contributed by atoms with Gasteiger partial charge in [0.25, 0.3) is 0 Å². The lowest BCUT2D eigenvalue weighted by atomic mass is 9.92. The van der Waals surface area contributed by atoms with Crippen LogP contribution in [0.25, 0.3) is 11.3 Å². The number of aromatic nitrogens is 2. The maximum absolute atomic E-state index is 11.9. The fourth-order valence-corrected chi connectivity index (χ4v) is 3.39. The zero-order valence-electron chi connectivity index (χ0n) is 15.5. The number of rotatable bonds is 4. The number of nitrogens with zero attached hydrogens (tertiary/aromatic N) is 4. The minimum atomic E-state index is 0.164. The summed E-state index contributed by atoms with van der Waals surface area (Å²) in [4.78, 5) is 20.6. The fourth-order valence-electron chi connectivity index (χ4n) is 3.39. The maximum atomic E-state index is 11.9. The van der Waals surface area contributed by atoms with Crippen LogP contribution >= 0.6 is 0 Å². The fraction of sp³-hybridized carbons (Fsp3) is 0.526. The minimum Gasteiger partial charge on any atom is -0.361 e. The summed E-state index contributed by atoms with van der Waals surface area (Å²) in [5.74, 6) is 1.40. The van der Waals surface area contributed by atoms with Crippen molar-refractivity contribution in [2.75, 3.05) is 33.7 Å². The molecule has 2 aromatic heterocycles. The van der Waals surface area contributed by atoms with Gasteiger partial charge in [0.2, 0.25) is 5.91 Å². The van der Waals surface area contributed by atoms with Crippen molar-refractivity contribution in [1.29, 1.82) is 0 Å². The monoisotopic (exact) mass is 342 g/mol. The van der Waals surface area contributed by atoms with Crippen LogP contribution in [0.4, 0.5) is 0 Å². The summed E-state index contributed by atoms with van der Waals surface area (Å²) < 4.78 is 5.27. The first-order chi connectivity index (χ1) is 12.0. The van der Waals surface area contributed by atoms with Gasteiger partial charge in [-0.3, -0.25) is 14.7 Å². The zero-order chi connectivity index (χ0) is 18.0. The van der Waals surface area contributed by atoms with E-state index in [1.807, 2.05) is 19.9 Å². The summed E-state index contributed by atoms with van der Waals surface area (Å²) in [6.07, 6.45) is 2.05. The number of pyridine rings is 1. The third-order valence-electron chi connectivity index (χ3n) is 4.92. The molecule has 1 aliphatic rings. The van der Waals surface area contributed by atoms with Crippen LogP contribution in [0.2, 0.25) is 0 Å². The summed E-state index contributed by atoms with van der Waals surface area (Å²) in [5, 5.41) is 4.03. The van der Waals surface area contributed by atoms with Crippen LogP contribution in [0.15, 0.2) is 22.7 Å². The van der Waals surface area contributed by atoms with Gasteiger partial charge in [-0.05, 0) is 51.9 Å². The highest BCUT2D eigenvalue weighted by molar-refractivity contribution is 5.77. The van der Waals surface area contributed by atoms with Crippen molar-refractivity contribution >= 4 is 5.91 Å². The average Bonchev–Trinajstić information content (AvgIpc) is 2.94. The van der Waals surface area contributed by atoms with Crippen molar-refractivity contribution in [1.82, 2.24) is 19.9 Å². The maximum Gasteiger partial charge on any atom is 0.236 e. The van der Waals surface area contributed by atoms with Gasteiger partial charge in [0, 0.05) is 25.7 Å². The molecule has 0 spiro atoms. The Kier molecular flexibility index (Phi) is 5.18. The first-order valence-electron chi connectivity index (χ1n) is 8.78. The molecule has 0 bridgehead atoms. The highest BCUT2D eigenvalue weighted by Crippen LogP contribution is 2.30. The molecule has 25 heavy (non-hydrogen) atoms. The molecule has 6 nitrogen and oxygen atoms in total. The topological polar surface area (TPSA) is 62.5 Å². The zero-order valence-corrected chi connectivity index (χ0v) is 15.5. The first-order valence-corrected chi connectivity index (χ1v) is 8.78. The molecule has 0 atom stereocenters. The predicted octanol–water partition coefficient (Wildman–Crippen LogP) is 2.62. The highest BCUT2D eigenvalue weighted by atomic mass is 16.5. The average molecular weight is 342 g/mol. The quantitative estimate of drug-likeness (QED) is 0.855. The van der Waals surface area contributed by atoms with E-state index in [9.17, 15) is 4.79 Å². The second-order valence-electron chi connectivity index (χ2n) is 6.99. The minimum absolute atomic E-state index is 0.164. The molecule has 0 N–H and O–H groups in total. The molecule has 0 aliphatic carbocycles. The van der Waals surface area contributed by atoms with Crippen molar-refractivity contribution in [3.63, 3.8) is 0 Å². The summed E-state index contributed by atoms with van der Waals surface area (Å²) in [6.45, 7) is 6.24. The molecule has 0 unspecified atom stereocenters. The number of likely N-dealkylation sites (N-methyl/N-ethyl adjacent to an activating group) is 1. The van der Waals surface area contributed by atoms with E-state index in [1.165, 1.54) is 0 Å². The Morgan fingerprint density at radius 3 is 2.60 bits per heavy atom. The van der Waals surface area contributed by atoms with E-state index in [0.29, 0.717) is 12.5 Å². The van der Waals surface area contributed by atoms with Gasteiger partial charge in [-0.15, -0.1) is 0 Å². The molecule has 3 heterocycles. The van der Waals surface area contributed by atoms with Crippen molar-refractivity contribution < 1.29 is 9.32 Å². The molecule has 134 valence electrons. The van der Waals surface area contributed by atoms with Gasteiger partial charge in [0.15, 0.2) is 0 Å². The molecule has 3 rings (SSSR count). The van der Waals surface area contributed by atoms with Crippen LogP contribution < -0.4 is 0 Å². The van der Waals surface area contributed by atoms with Gasteiger partial charge in [-0.2, -0.15) is 0 Å². The van der Waals surface area contributed by atoms with E-state index in [2.05, 4.69) is 22.2 Å². The lowest BCUT2D eigenvalue weighted by molar-refractivity contribution is -0.130. The van der Waals surface area contributed by atoms with Crippen molar-refractivity contribution in [2.45, 2.75) is 32.6 Å². The number of aryl methyl sites for hydroxylation is 2. The number of amides is 1. The summed E-state index contributed by atoms with van der Waals surface area (Å²) in [7, 11) is 3.61. The highest BCUT2D eigenvalue weighted by Gasteiger charge is 2.24. The van der Waals surface area contributed by atoms with E-state index < -0.39 is 0 Å². The molecular formula is C19H26N4O2. The molecule has 2 aromatic rings. The van der Waals surface area contributed by atoms with Crippen LogP contribution in [0, 0.1) is 13.8 Å². The van der Waals surface area contributed by atoms with Gasteiger partial charge in [-0.1, -0.05) is 11.2 Å². The molecule has 0 aromatic carbocycles. The Labute approximate surface area is 148 Å². The Morgan fingerprint density at radius 2 is 2.00 bits per heavy atom. The lowest BCUT2D eigenvalue weighted by Crippen LogP contribution is -2.40. The van der Waals surface area contributed by atoms with E-state index in [1.54, 1.807) is 19.0 Å². The molecule has 6 heteroatoms. The number of piperidine rings is 1. The Bertz CT molecular complexity index is 726. The second-order valence-corrected chi connectivity index (χ2v) is 6.99. The molecule has 1 fully saturated rings. The summed E-state index contributed by atoms with van der Waals surface area (Å²) in [6, 6.07) is 6.18. The smallest absolute Gasteiger partial charge is 0.236 e. The van der Waals surface area contributed by atoms with Crippen LogP contribution in [0.5, 0.6) is 0 Å². The Morgan fingerprint density at radius 1 is 1.28 bits per heavy atom. The largest absolute Gasteiger partial charge is 0.361 e. The number of carbonyl (C=O) groups excluding carboxylic acids is 1. The molecule has 0 saturated carbocycles. The van der Waals surface area contributed by atoms with Crippen LogP contribution in [-0.2, 0) is 4.79 Å². The Balaban J connectivity index is 1.68. The Hall–Kier alpha value is -2.21. The number of likely N-dealkylation sites (tertiary alicyclic amines) is 1. The normalized spacial score (nSPS) is 16.2. The molecule has 1 saturated heterocycles. The van der Waals surface area contributed by atoms with Crippen molar-refractivity contribution in [2.24, 2.45) is 0 Å². The second kappa shape index (κ2) is 7.35. The third-order valence-corrected chi connectivity index (χ3v) is 4.92. The van der Waals surface area contributed by atoms with Crippen molar-refractivity contribution in [3.05, 3.63) is 35.3 Å². The predicted molar refractivity (Wildman–Crippen MR) is 96.3 cm³/mol.